The highest BCUT2D eigenvalue weighted by atomic mass is 16.6. The molecule has 2 aliphatic rings. The van der Waals surface area contributed by atoms with Gasteiger partial charge in [0.2, 0.25) is 0 Å². The van der Waals surface area contributed by atoms with Crippen molar-refractivity contribution in [2.24, 2.45) is 10.8 Å². The highest BCUT2D eigenvalue weighted by Gasteiger charge is 2.39. The molecule has 11 nitrogen and oxygen atoms in total. The number of ether oxygens (including phenoxy) is 6. The van der Waals surface area contributed by atoms with Crippen LogP contribution in [0.4, 0.5) is 17.1 Å². The maximum atomic E-state index is 12.6. The van der Waals surface area contributed by atoms with Gasteiger partial charge in [0.05, 0.1) is 62.9 Å². The van der Waals surface area contributed by atoms with Gasteiger partial charge in [0.25, 0.3) is 0 Å². The Hall–Kier alpha value is -6.30. The molecule has 2 aliphatic heterocycles. The van der Waals surface area contributed by atoms with Gasteiger partial charge in [0, 0.05) is 17.1 Å². The van der Waals surface area contributed by atoms with Crippen LogP contribution in [-0.2, 0) is 47.6 Å². The molecule has 0 amide bonds. The Labute approximate surface area is 381 Å². The molecule has 340 valence electrons. The fourth-order valence-electron chi connectivity index (χ4n) is 7.75. The molecule has 7 rings (SSSR count). The van der Waals surface area contributed by atoms with E-state index in [2.05, 4.69) is 79.4 Å². The summed E-state index contributed by atoms with van der Waals surface area (Å²) in [7, 11) is 0. The van der Waals surface area contributed by atoms with Crippen molar-refractivity contribution in [1.29, 1.82) is 0 Å². The summed E-state index contributed by atoms with van der Waals surface area (Å²) in [6, 6.07) is 42.9. The molecule has 0 aliphatic carbocycles. The first-order chi connectivity index (χ1) is 31.5. The third kappa shape index (κ3) is 12.1. The van der Waals surface area contributed by atoms with Crippen LogP contribution < -0.4 is 4.90 Å². The topological polar surface area (TPSA) is 127 Å². The molecule has 11 heteroatoms. The van der Waals surface area contributed by atoms with Gasteiger partial charge in [-0.05, 0) is 96.5 Å². The molecule has 65 heavy (non-hydrogen) atoms. The lowest BCUT2D eigenvalue weighted by molar-refractivity contribution is -0.172. The zero-order chi connectivity index (χ0) is 45.8. The number of hydrogen-bond acceptors (Lipinski definition) is 11. The van der Waals surface area contributed by atoms with Gasteiger partial charge in [-0.25, -0.2) is 0 Å². The van der Waals surface area contributed by atoms with Crippen LogP contribution in [0.5, 0.6) is 0 Å². The summed E-state index contributed by atoms with van der Waals surface area (Å²) in [5.41, 5.74) is 8.66. The molecular weight excluding hydrogens is 823 g/mol. The average molecular weight is 882 g/mol. The van der Waals surface area contributed by atoms with E-state index in [0.717, 1.165) is 63.3 Å². The van der Waals surface area contributed by atoms with Crippen molar-refractivity contribution >= 4 is 40.9 Å². The van der Waals surface area contributed by atoms with E-state index in [1.165, 1.54) is 0 Å². The second kappa shape index (κ2) is 21.6. The standard InChI is InChI=1S/C54H59NO10/c1-5-53(32-60-33-53)36-62-49(56)28-30-51(58)64-38(3)40-12-16-42(17-13-40)44-20-24-47(25-21-44)55(46-10-8-7-9-11-46)48-26-22-45(23-27-48)43-18-14-41(15-19-43)39(4)65-52(59)31-29-50(57)63-37-54(6-2)34-61-35-54/h7-27,38-39H,5-6,28-37H2,1-4H3. The number of rotatable bonds is 21. The van der Waals surface area contributed by atoms with Crippen LogP contribution in [0.2, 0.25) is 0 Å². The predicted molar refractivity (Wildman–Crippen MR) is 248 cm³/mol. The van der Waals surface area contributed by atoms with Crippen LogP contribution in [0, 0.1) is 10.8 Å². The largest absolute Gasteiger partial charge is 0.465 e. The molecule has 0 aromatic heterocycles. The van der Waals surface area contributed by atoms with E-state index >= 15 is 0 Å². The second-order valence-corrected chi connectivity index (χ2v) is 17.3. The Bertz CT molecular complexity index is 2190. The molecule has 0 N–H and O–H groups in total. The Kier molecular flexibility index (Phi) is 15.5. The van der Waals surface area contributed by atoms with Crippen LogP contribution in [0.3, 0.4) is 0 Å². The molecule has 2 saturated heterocycles. The van der Waals surface area contributed by atoms with E-state index in [1.54, 1.807) is 0 Å². The molecule has 0 spiro atoms. The fourth-order valence-corrected chi connectivity index (χ4v) is 7.75. The number of esters is 4. The monoisotopic (exact) mass is 881 g/mol. The number of para-hydroxylation sites is 1. The van der Waals surface area contributed by atoms with Gasteiger partial charge in [-0.1, -0.05) is 105 Å². The average Bonchev–Trinajstić information content (AvgIpc) is 3.31. The van der Waals surface area contributed by atoms with Crippen molar-refractivity contribution in [3.63, 3.8) is 0 Å². The maximum absolute atomic E-state index is 12.6. The van der Waals surface area contributed by atoms with E-state index in [1.807, 2.05) is 80.6 Å². The van der Waals surface area contributed by atoms with Gasteiger partial charge >= 0.3 is 23.9 Å². The van der Waals surface area contributed by atoms with Gasteiger partial charge in [-0.15, -0.1) is 0 Å². The van der Waals surface area contributed by atoms with Crippen molar-refractivity contribution in [3.05, 3.63) is 139 Å². The molecule has 5 aromatic carbocycles. The molecule has 0 radical (unpaired) electrons. The summed E-state index contributed by atoms with van der Waals surface area (Å²) in [5.74, 6) is -1.70. The number of benzene rings is 5. The zero-order valence-corrected chi connectivity index (χ0v) is 37.8. The number of carbonyl (C=O) groups excluding carboxylic acids is 4. The maximum Gasteiger partial charge on any atom is 0.306 e. The van der Waals surface area contributed by atoms with Gasteiger partial charge in [0.1, 0.15) is 25.4 Å². The van der Waals surface area contributed by atoms with E-state index < -0.39 is 36.1 Å². The van der Waals surface area contributed by atoms with E-state index in [0.29, 0.717) is 39.6 Å². The van der Waals surface area contributed by atoms with Gasteiger partial charge in [-0.3, -0.25) is 19.2 Å². The van der Waals surface area contributed by atoms with Crippen molar-refractivity contribution in [1.82, 2.24) is 0 Å². The summed E-state index contributed by atoms with van der Waals surface area (Å²) in [4.78, 5) is 51.9. The minimum Gasteiger partial charge on any atom is -0.465 e. The van der Waals surface area contributed by atoms with Crippen LogP contribution in [0.1, 0.15) is 89.6 Å². The first kappa shape index (κ1) is 46.7. The predicted octanol–water partition coefficient (Wildman–Crippen LogP) is 11.2. The van der Waals surface area contributed by atoms with Gasteiger partial charge in [-0.2, -0.15) is 0 Å². The lowest BCUT2D eigenvalue weighted by Gasteiger charge is -2.39. The lowest BCUT2D eigenvalue weighted by Crippen LogP contribution is -2.46. The fraction of sp³-hybridized carbons (Fsp3) is 0.370. The zero-order valence-electron chi connectivity index (χ0n) is 37.8. The number of hydrogen-bond donors (Lipinski definition) is 0. The minimum atomic E-state index is -0.473. The molecule has 0 saturated carbocycles. The Morgan fingerprint density at radius 1 is 0.477 bits per heavy atom. The SMILES string of the molecule is CCC1(COC(=O)CCC(=O)OC(C)c2ccc(-c3ccc(N(c4ccccc4)c4ccc(-c5ccc(C(C)OC(=O)CCC(=O)OCC6(CC)COC6)cc5)cc4)cc3)cc2)COC1. The van der Waals surface area contributed by atoms with Gasteiger partial charge < -0.3 is 33.3 Å². The first-order valence-electron chi connectivity index (χ1n) is 22.6. The Morgan fingerprint density at radius 2 is 0.800 bits per heavy atom. The number of nitrogens with zero attached hydrogens (tertiary/aromatic N) is 1. The van der Waals surface area contributed by atoms with Crippen molar-refractivity contribution in [3.8, 4) is 22.3 Å². The molecule has 2 heterocycles. The third-order valence-corrected chi connectivity index (χ3v) is 12.6. The number of carbonyl (C=O) groups is 4. The van der Waals surface area contributed by atoms with Crippen molar-refractivity contribution in [2.45, 2.75) is 78.4 Å². The van der Waals surface area contributed by atoms with Crippen LogP contribution in [0.15, 0.2) is 127 Å². The van der Waals surface area contributed by atoms with Gasteiger partial charge in [0.15, 0.2) is 0 Å². The number of anilines is 3. The molecule has 2 atom stereocenters. The summed E-state index contributed by atoms with van der Waals surface area (Å²) < 4.78 is 32.7. The highest BCUT2D eigenvalue weighted by molar-refractivity contribution is 5.81. The van der Waals surface area contributed by atoms with E-state index in [4.69, 9.17) is 28.4 Å². The normalized spacial score (nSPS) is 15.6. The molecular formula is C54H59NO10. The van der Waals surface area contributed by atoms with Crippen LogP contribution in [0.25, 0.3) is 22.3 Å². The lowest BCUT2D eigenvalue weighted by atomic mass is 9.84. The molecule has 2 fully saturated rings. The second-order valence-electron chi connectivity index (χ2n) is 17.3. The quantitative estimate of drug-likeness (QED) is 0.0516. The highest BCUT2D eigenvalue weighted by Crippen LogP contribution is 2.38. The summed E-state index contributed by atoms with van der Waals surface area (Å²) in [6.45, 7) is 10.7. The Morgan fingerprint density at radius 3 is 1.12 bits per heavy atom. The molecule has 0 bridgehead atoms. The third-order valence-electron chi connectivity index (χ3n) is 12.6. The summed E-state index contributed by atoms with van der Waals surface area (Å²) in [5, 5.41) is 0. The van der Waals surface area contributed by atoms with Crippen LogP contribution in [-0.4, -0.2) is 63.5 Å². The van der Waals surface area contributed by atoms with E-state index in [9.17, 15) is 19.2 Å². The summed E-state index contributed by atoms with van der Waals surface area (Å²) >= 11 is 0. The Balaban J connectivity index is 0.920. The molecule has 2 unspecified atom stereocenters. The smallest absolute Gasteiger partial charge is 0.306 e. The van der Waals surface area contributed by atoms with E-state index in [-0.39, 0.29) is 36.5 Å². The minimum absolute atomic E-state index is 0.0211. The summed E-state index contributed by atoms with van der Waals surface area (Å²) in [6.07, 6.45) is 0.683. The van der Waals surface area contributed by atoms with Crippen molar-refractivity contribution < 1.29 is 47.6 Å². The van der Waals surface area contributed by atoms with Crippen LogP contribution >= 0.6 is 0 Å². The molecule has 5 aromatic rings. The first-order valence-corrected chi connectivity index (χ1v) is 22.6. The van der Waals surface area contributed by atoms with Crippen molar-refractivity contribution in [2.75, 3.05) is 44.5 Å².